The standard InChI is InChI=1S/C54H90NO8P/c1-3-5-7-9-11-13-15-16-17-18-19-20-21-22-23-24-25-26-27-28-29-30-31-32-33-34-35-36-37-39-41-43-45-47-54(57)63-52(51-62-64(58,59)61-49-48-55)50-60-53(56)46-44-42-40-38-14-12-10-8-6-4-2/h5,7,11,13,16-17,19-20,22-23,25-26,28-29,31-32,34-35,52H,3-4,6,8-10,12,14-15,18,21,24,27,30,33,36-51,55H2,1-2H3,(H,58,59)/b7-5-,13-11-,17-16-,20-19-,23-22-,26-25-,29-28-,32-31-,35-34-. The molecular weight excluding hydrogens is 822 g/mol. The molecule has 0 saturated heterocycles. The SMILES string of the molecule is CC/C=C\C/C=C\C/C=C\C/C=C\C/C=C\C/C=C\C/C=C\C/C=C\C/C=C\CCCCCCCC(=O)OC(COC(=O)CCCCCCCCCCCC)COP(=O)(O)OCCN. The minimum atomic E-state index is -4.39. The van der Waals surface area contributed by atoms with E-state index in [-0.39, 0.29) is 32.6 Å². The Labute approximate surface area is 390 Å². The van der Waals surface area contributed by atoms with E-state index in [1.807, 2.05) is 0 Å². The van der Waals surface area contributed by atoms with E-state index in [0.29, 0.717) is 6.42 Å². The van der Waals surface area contributed by atoms with E-state index < -0.39 is 32.5 Å². The highest BCUT2D eigenvalue weighted by Gasteiger charge is 2.26. The molecule has 0 bridgehead atoms. The summed E-state index contributed by atoms with van der Waals surface area (Å²) in [7, 11) is -4.39. The van der Waals surface area contributed by atoms with Crippen molar-refractivity contribution in [3.8, 4) is 0 Å². The number of rotatable bonds is 45. The Balaban J connectivity index is 4.07. The molecular formula is C54H90NO8P. The molecule has 10 heteroatoms. The highest BCUT2D eigenvalue weighted by molar-refractivity contribution is 7.47. The van der Waals surface area contributed by atoms with Gasteiger partial charge in [0.1, 0.15) is 6.61 Å². The monoisotopic (exact) mass is 912 g/mol. The van der Waals surface area contributed by atoms with Crippen molar-refractivity contribution < 1.29 is 37.6 Å². The molecule has 0 aliphatic rings. The summed E-state index contributed by atoms with van der Waals surface area (Å²) in [5, 5.41) is 0. The summed E-state index contributed by atoms with van der Waals surface area (Å²) in [6, 6.07) is 0. The van der Waals surface area contributed by atoms with Crippen molar-refractivity contribution in [3.05, 3.63) is 109 Å². The zero-order valence-electron chi connectivity index (χ0n) is 40.2. The molecule has 0 spiro atoms. The Bertz CT molecular complexity index is 1410. The predicted octanol–water partition coefficient (Wildman–Crippen LogP) is 15.1. The Morgan fingerprint density at radius 1 is 0.484 bits per heavy atom. The first kappa shape index (κ1) is 60.7. The molecule has 0 aliphatic carbocycles. The average molecular weight is 912 g/mol. The molecule has 0 aliphatic heterocycles. The smallest absolute Gasteiger partial charge is 0.462 e. The fourth-order valence-corrected chi connectivity index (χ4v) is 7.04. The molecule has 2 atom stereocenters. The third-order valence-electron chi connectivity index (χ3n) is 9.92. The molecule has 0 aromatic rings. The van der Waals surface area contributed by atoms with Gasteiger partial charge in [0, 0.05) is 19.4 Å². The first-order valence-electron chi connectivity index (χ1n) is 24.9. The Hall–Kier alpha value is -3.33. The third kappa shape index (κ3) is 48.1. The average Bonchev–Trinajstić information content (AvgIpc) is 3.28. The van der Waals surface area contributed by atoms with Gasteiger partial charge >= 0.3 is 19.8 Å². The van der Waals surface area contributed by atoms with E-state index in [1.165, 1.54) is 44.9 Å². The molecule has 0 saturated carbocycles. The van der Waals surface area contributed by atoms with E-state index in [0.717, 1.165) is 109 Å². The van der Waals surface area contributed by atoms with Crippen molar-refractivity contribution in [2.45, 2.75) is 193 Å². The Morgan fingerprint density at radius 3 is 1.28 bits per heavy atom. The second-order valence-electron chi connectivity index (χ2n) is 16.0. The third-order valence-corrected chi connectivity index (χ3v) is 10.9. The second-order valence-corrected chi connectivity index (χ2v) is 17.4. The van der Waals surface area contributed by atoms with E-state index in [1.54, 1.807) is 0 Å². The van der Waals surface area contributed by atoms with E-state index >= 15 is 0 Å². The van der Waals surface area contributed by atoms with Crippen molar-refractivity contribution in [3.63, 3.8) is 0 Å². The zero-order valence-corrected chi connectivity index (χ0v) is 41.1. The molecule has 0 radical (unpaired) electrons. The summed E-state index contributed by atoms with van der Waals surface area (Å²) >= 11 is 0. The number of phosphoric acid groups is 1. The van der Waals surface area contributed by atoms with Gasteiger partial charge in [-0.1, -0.05) is 200 Å². The van der Waals surface area contributed by atoms with Gasteiger partial charge < -0.3 is 20.1 Å². The minimum Gasteiger partial charge on any atom is -0.462 e. The maximum Gasteiger partial charge on any atom is 0.472 e. The van der Waals surface area contributed by atoms with Crippen molar-refractivity contribution in [2.24, 2.45) is 5.73 Å². The zero-order chi connectivity index (χ0) is 46.7. The summed E-state index contributed by atoms with van der Waals surface area (Å²) in [6.45, 7) is 3.56. The lowest BCUT2D eigenvalue weighted by Crippen LogP contribution is -2.29. The molecule has 9 nitrogen and oxygen atoms in total. The quantitative estimate of drug-likeness (QED) is 0.0265. The lowest BCUT2D eigenvalue weighted by atomic mass is 10.1. The molecule has 0 amide bonds. The number of ether oxygens (including phenoxy) is 2. The number of carbonyl (C=O) groups is 2. The molecule has 0 rings (SSSR count). The number of nitrogens with two attached hydrogens (primary N) is 1. The van der Waals surface area contributed by atoms with Crippen molar-refractivity contribution in [1.29, 1.82) is 0 Å². The van der Waals surface area contributed by atoms with Gasteiger partial charge in [-0.2, -0.15) is 0 Å². The van der Waals surface area contributed by atoms with E-state index in [4.69, 9.17) is 24.3 Å². The molecule has 364 valence electrons. The maximum absolute atomic E-state index is 12.6. The first-order chi connectivity index (χ1) is 31.3. The van der Waals surface area contributed by atoms with Gasteiger partial charge in [0.25, 0.3) is 0 Å². The van der Waals surface area contributed by atoms with Crippen LogP contribution in [-0.4, -0.2) is 49.3 Å². The van der Waals surface area contributed by atoms with Crippen LogP contribution in [0.1, 0.15) is 187 Å². The van der Waals surface area contributed by atoms with Crippen molar-refractivity contribution in [1.82, 2.24) is 0 Å². The first-order valence-corrected chi connectivity index (χ1v) is 26.4. The summed E-state index contributed by atoms with van der Waals surface area (Å²) in [6.07, 6.45) is 65.7. The molecule has 0 aromatic heterocycles. The van der Waals surface area contributed by atoms with Gasteiger partial charge in [0.05, 0.1) is 13.2 Å². The Kier molecular flexibility index (Phi) is 46.6. The van der Waals surface area contributed by atoms with Crippen LogP contribution in [0.3, 0.4) is 0 Å². The predicted molar refractivity (Wildman–Crippen MR) is 270 cm³/mol. The molecule has 2 unspecified atom stereocenters. The number of allylic oxidation sites excluding steroid dienone is 18. The van der Waals surface area contributed by atoms with E-state index in [9.17, 15) is 19.0 Å². The lowest BCUT2D eigenvalue weighted by Gasteiger charge is -2.19. The van der Waals surface area contributed by atoms with Crippen LogP contribution in [0, 0.1) is 0 Å². The van der Waals surface area contributed by atoms with Crippen molar-refractivity contribution in [2.75, 3.05) is 26.4 Å². The molecule has 3 N–H and O–H groups in total. The van der Waals surface area contributed by atoms with E-state index in [2.05, 4.69) is 123 Å². The van der Waals surface area contributed by atoms with Crippen LogP contribution in [0.4, 0.5) is 0 Å². The summed E-state index contributed by atoms with van der Waals surface area (Å²) < 4.78 is 32.8. The van der Waals surface area contributed by atoms with Crippen LogP contribution < -0.4 is 5.73 Å². The minimum absolute atomic E-state index is 0.0451. The van der Waals surface area contributed by atoms with Crippen LogP contribution in [-0.2, 0) is 32.7 Å². The number of unbranched alkanes of at least 4 members (excludes halogenated alkanes) is 14. The summed E-state index contributed by atoms with van der Waals surface area (Å²) in [5.41, 5.74) is 5.35. The highest BCUT2D eigenvalue weighted by Crippen LogP contribution is 2.43. The van der Waals surface area contributed by atoms with Crippen LogP contribution >= 0.6 is 7.82 Å². The maximum atomic E-state index is 12.6. The number of hydrogen-bond donors (Lipinski definition) is 2. The van der Waals surface area contributed by atoms with Crippen LogP contribution in [0.5, 0.6) is 0 Å². The number of hydrogen-bond acceptors (Lipinski definition) is 8. The second kappa shape index (κ2) is 49.1. The largest absolute Gasteiger partial charge is 0.472 e. The lowest BCUT2D eigenvalue weighted by molar-refractivity contribution is -0.161. The number of phosphoric ester groups is 1. The summed E-state index contributed by atoms with van der Waals surface area (Å²) in [5.74, 6) is -0.860. The van der Waals surface area contributed by atoms with Crippen molar-refractivity contribution >= 4 is 19.8 Å². The van der Waals surface area contributed by atoms with Gasteiger partial charge in [0.15, 0.2) is 6.10 Å². The van der Waals surface area contributed by atoms with Crippen LogP contribution in [0.15, 0.2) is 109 Å². The number of carbonyl (C=O) groups excluding carboxylic acids is 2. The van der Waals surface area contributed by atoms with Gasteiger partial charge in [-0.15, -0.1) is 0 Å². The fourth-order valence-electron chi connectivity index (χ4n) is 6.27. The molecule has 0 aromatic carbocycles. The van der Waals surface area contributed by atoms with Gasteiger partial charge in [-0.3, -0.25) is 18.6 Å². The Morgan fingerprint density at radius 2 is 0.859 bits per heavy atom. The fraction of sp³-hybridized carbons (Fsp3) is 0.630. The van der Waals surface area contributed by atoms with Crippen LogP contribution in [0.2, 0.25) is 0 Å². The molecule has 0 heterocycles. The van der Waals surface area contributed by atoms with Gasteiger partial charge in [-0.05, 0) is 83.5 Å². The van der Waals surface area contributed by atoms with Gasteiger partial charge in [-0.25, -0.2) is 4.57 Å². The normalized spacial score (nSPS) is 14.1. The topological polar surface area (TPSA) is 134 Å². The summed E-state index contributed by atoms with van der Waals surface area (Å²) in [4.78, 5) is 34.9. The van der Waals surface area contributed by atoms with Gasteiger partial charge in [0.2, 0.25) is 0 Å². The molecule has 64 heavy (non-hydrogen) atoms. The van der Waals surface area contributed by atoms with Crippen LogP contribution in [0.25, 0.3) is 0 Å². The number of esters is 2. The molecule has 0 fully saturated rings. The highest BCUT2D eigenvalue weighted by atomic mass is 31.2.